The molecule has 1 N–H and O–H groups in total. The number of benzene rings is 1. The summed E-state index contributed by atoms with van der Waals surface area (Å²) in [5, 5.41) is 10.5. The van der Waals surface area contributed by atoms with E-state index in [0.717, 1.165) is 68.2 Å². The van der Waals surface area contributed by atoms with Crippen LogP contribution in [-0.4, -0.2) is 45.4 Å². The van der Waals surface area contributed by atoms with Gasteiger partial charge in [0.1, 0.15) is 5.75 Å². The lowest BCUT2D eigenvalue weighted by molar-refractivity contribution is 0.154. The highest BCUT2D eigenvalue weighted by atomic mass is 35.5. The minimum absolute atomic E-state index is 0.164. The Morgan fingerprint density at radius 2 is 2.20 bits per heavy atom. The van der Waals surface area contributed by atoms with E-state index in [1.807, 2.05) is 30.7 Å². The van der Waals surface area contributed by atoms with Gasteiger partial charge in [-0.1, -0.05) is 11.6 Å². The summed E-state index contributed by atoms with van der Waals surface area (Å²) >= 11 is 6.19. The molecule has 1 atom stereocenters. The molecular formula is C19H26ClN3O2. The van der Waals surface area contributed by atoms with Gasteiger partial charge in [0.05, 0.1) is 19.0 Å². The number of aliphatic hydroxyl groups excluding tert-OH is 1. The molecule has 6 heteroatoms. The van der Waals surface area contributed by atoms with E-state index in [2.05, 4.69) is 14.5 Å². The number of hydrogen-bond donors (Lipinski definition) is 1. The molecule has 25 heavy (non-hydrogen) atoms. The van der Waals surface area contributed by atoms with E-state index >= 15 is 0 Å². The number of likely N-dealkylation sites (tertiary alicyclic amines) is 1. The zero-order valence-electron chi connectivity index (χ0n) is 14.5. The first-order chi connectivity index (χ1) is 12.2. The van der Waals surface area contributed by atoms with Gasteiger partial charge >= 0.3 is 0 Å². The number of halogens is 1. The highest BCUT2D eigenvalue weighted by molar-refractivity contribution is 6.30. The minimum atomic E-state index is -0.164. The monoisotopic (exact) mass is 363 g/mol. The number of hydrogen-bond acceptors (Lipinski definition) is 4. The summed E-state index contributed by atoms with van der Waals surface area (Å²) in [6, 6.07) is 5.83. The van der Waals surface area contributed by atoms with Gasteiger partial charge < -0.3 is 14.4 Å². The number of aromatic nitrogens is 2. The van der Waals surface area contributed by atoms with Crippen molar-refractivity contribution in [3.63, 3.8) is 0 Å². The average molecular weight is 364 g/mol. The first-order valence-electron chi connectivity index (χ1n) is 8.98. The highest BCUT2D eigenvalue weighted by Gasteiger charge is 2.16. The Morgan fingerprint density at radius 1 is 1.28 bits per heavy atom. The molecule has 0 radical (unpaired) electrons. The van der Waals surface area contributed by atoms with Crippen LogP contribution in [0.15, 0.2) is 36.9 Å². The van der Waals surface area contributed by atoms with Crippen molar-refractivity contribution >= 4 is 11.6 Å². The third kappa shape index (κ3) is 5.73. The van der Waals surface area contributed by atoms with Crippen molar-refractivity contribution in [2.45, 2.75) is 44.9 Å². The van der Waals surface area contributed by atoms with E-state index in [0.29, 0.717) is 6.61 Å². The molecule has 0 amide bonds. The predicted molar refractivity (Wildman–Crippen MR) is 98.9 cm³/mol. The van der Waals surface area contributed by atoms with Gasteiger partial charge in [0.25, 0.3) is 0 Å². The lowest BCUT2D eigenvalue weighted by Gasteiger charge is -2.22. The van der Waals surface area contributed by atoms with Crippen LogP contribution in [-0.2, 0) is 13.1 Å². The lowest BCUT2D eigenvalue weighted by Crippen LogP contribution is -2.25. The van der Waals surface area contributed by atoms with Crippen LogP contribution in [0.4, 0.5) is 0 Å². The molecular weight excluding hydrogens is 338 g/mol. The molecule has 0 saturated carbocycles. The van der Waals surface area contributed by atoms with Gasteiger partial charge in [-0.3, -0.25) is 4.90 Å². The maximum Gasteiger partial charge on any atom is 0.123 e. The molecule has 1 fully saturated rings. The molecule has 1 aromatic carbocycles. The Kier molecular flexibility index (Phi) is 6.73. The van der Waals surface area contributed by atoms with Crippen molar-refractivity contribution in [1.82, 2.24) is 14.5 Å². The summed E-state index contributed by atoms with van der Waals surface area (Å²) in [6.07, 6.45) is 9.09. The standard InChI is InChI=1S/C19H26ClN3O2/c20-17-4-5-19(25-12-2-9-23-11-7-21-15-23)16(13-17)14-22-8-1-3-18(24)6-10-22/h4-5,7,11,13,15,18,24H,1-3,6,8-10,12,14H2/t18-/m1/s1. The number of aliphatic hydroxyl groups is 1. The molecule has 0 bridgehead atoms. The third-order valence-electron chi connectivity index (χ3n) is 4.58. The molecule has 136 valence electrons. The molecule has 1 aliphatic rings. The van der Waals surface area contributed by atoms with Gasteiger partial charge in [0.2, 0.25) is 0 Å². The maximum absolute atomic E-state index is 9.81. The predicted octanol–water partition coefficient (Wildman–Crippen LogP) is 3.35. The number of ether oxygens (including phenoxy) is 1. The lowest BCUT2D eigenvalue weighted by atomic mass is 10.1. The molecule has 5 nitrogen and oxygen atoms in total. The summed E-state index contributed by atoms with van der Waals surface area (Å²) in [5.41, 5.74) is 1.12. The van der Waals surface area contributed by atoms with Crippen molar-refractivity contribution in [2.24, 2.45) is 0 Å². The smallest absolute Gasteiger partial charge is 0.123 e. The van der Waals surface area contributed by atoms with Crippen LogP contribution in [0.2, 0.25) is 5.02 Å². The summed E-state index contributed by atoms with van der Waals surface area (Å²) in [4.78, 5) is 6.42. The number of imidazole rings is 1. The number of rotatable bonds is 7. The molecule has 1 saturated heterocycles. The molecule has 3 rings (SSSR count). The van der Waals surface area contributed by atoms with E-state index < -0.39 is 0 Å². The van der Waals surface area contributed by atoms with Gasteiger partial charge in [-0.15, -0.1) is 0 Å². The van der Waals surface area contributed by atoms with Crippen molar-refractivity contribution < 1.29 is 9.84 Å². The van der Waals surface area contributed by atoms with Crippen molar-refractivity contribution in [3.8, 4) is 5.75 Å². The first kappa shape index (κ1) is 18.2. The topological polar surface area (TPSA) is 50.5 Å². The second-order valence-corrected chi connectivity index (χ2v) is 7.05. The normalized spacial score (nSPS) is 18.9. The molecule has 0 unspecified atom stereocenters. The highest BCUT2D eigenvalue weighted by Crippen LogP contribution is 2.25. The third-order valence-corrected chi connectivity index (χ3v) is 4.82. The molecule has 0 spiro atoms. The van der Waals surface area contributed by atoms with Crippen molar-refractivity contribution in [1.29, 1.82) is 0 Å². The summed E-state index contributed by atoms with van der Waals surface area (Å²) in [5.74, 6) is 0.903. The van der Waals surface area contributed by atoms with Crippen LogP contribution >= 0.6 is 11.6 Å². The molecule has 2 aromatic rings. The fraction of sp³-hybridized carbons (Fsp3) is 0.526. The Bertz CT molecular complexity index is 648. The second-order valence-electron chi connectivity index (χ2n) is 6.62. The zero-order chi connectivity index (χ0) is 17.5. The van der Waals surface area contributed by atoms with Crippen molar-refractivity contribution in [2.75, 3.05) is 19.7 Å². The number of nitrogens with zero attached hydrogens (tertiary/aromatic N) is 3. The molecule has 1 aromatic heterocycles. The molecule has 0 aliphatic carbocycles. The fourth-order valence-electron chi connectivity index (χ4n) is 3.20. The van der Waals surface area contributed by atoms with E-state index in [9.17, 15) is 5.11 Å². The van der Waals surface area contributed by atoms with Gasteiger partial charge in [0, 0.05) is 42.6 Å². The van der Waals surface area contributed by atoms with Crippen LogP contribution in [0.5, 0.6) is 5.75 Å². The van der Waals surface area contributed by atoms with Crippen LogP contribution in [0, 0.1) is 0 Å². The van der Waals surface area contributed by atoms with E-state index in [1.54, 1.807) is 6.20 Å². The SMILES string of the molecule is O[C@@H]1CCCN(Cc2cc(Cl)ccc2OCCCn2ccnc2)CC1. The number of aryl methyl sites for hydroxylation is 1. The quantitative estimate of drug-likeness (QED) is 0.766. The van der Waals surface area contributed by atoms with Crippen LogP contribution in [0.3, 0.4) is 0 Å². The summed E-state index contributed by atoms with van der Waals surface area (Å²) in [7, 11) is 0. The van der Waals surface area contributed by atoms with Crippen LogP contribution in [0.25, 0.3) is 0 Å². The Hall–Kier alpha value is -1.56. The van der Waals surface area contributed by atoms with Gasteiger partial charge in [0.15, 0.2) is 0 Å². The van der Waals surface area contributed by atoms with Crippen LogP contribution < -0.4 is 4.74 Å². The molecule has 2 heterocycles. The van der Waals surface area contributed by atoms with E-state index in [1.165, 1.54) is 0 Å². The van der Waals surface area contributed by atoms with Gasteiger partial charge in [-0.05, 0) is 50.4 Å². The fourth-order valence-corrected chi connectivity index (χ4v) is 3.39. The maximum atomic E-state index is 9.81. The van der Waals surface area contributed by atoms with Gasteiger partial charge in [-0.2, -0.15) is 0 Å². The van der Waals surface area contributed by atoms with Crippen molar-refractivity contribution in [3.05, 3.63) is 47.5 Å². The van der Waals surface area contributed by atoms with E-state index in [4.69, 9.17) is 16.3 Å². The van der Waals surface area contributed by atoms with Crippen LogP contribution in [0.1, 0.15) is 31.2 Å². The summed E-state index contributed by atoms with van der Waals surface area (Å²) < 4.78 is 8.07. The average Bonchev–Trinajstić information content (AvgIpc) is 3.03. The molecule has 1 aliphatic heterocycles. The Labute approximate surface area is 154 Å². The summed E-state index contributed by atoms with van der Waals surface area (Å²) in [6.45, 7) is 4.28. The van der Waals surface area contributed by atoms with E-state index in [-0.39, 0.29) is 6.10 Å². The Balaban J connectivity index is 1.55. The second kappa shape index (κ2) is 9.22. The minimum Gasteiger partial charge on any atom is -0.493 e. The Morgan fingerprint density at radius 3 is 3.04 bits per heavy atom. The van der Waals surface area contributed by atoms with Gasteiger partial charge in [-0.25, -0.2) is 4.98 Å². The largest absolute Gasteiger partial charge is 0.493 e. The zero-order valence-corrected chi connectivity index (χ0v) is 15.2. The first-order valence-corrected chi connectivity index (χ1v) is 9.36.